The van der Waals surface area contributed by atoms with E-state index < -0.39 is 10.0 Å². The molecule has 1 aliphatic heterocycles. The summed E-state index contributed by atoms with van der Waals surface area (Å²) in [4.78, 5) is 12.2. The van der Waals surface area contributed by atoms with Gasteiger partial charge in [0, 0.05) is 19.2 Å². The highest BCUT2D eigenvalue weighted by atomic mass is 32.2. The standard InChI is InChI=1S/C19H24N4O4S2/c1-3-18-21-22-19(28-18)20-17(24)10-8-14-7-9-15(27-2)16(13-14)29(25,26)23-11-5-4-6-12-23/h7-10,13H,3-6,11-12H2,1-2H3,(H,20,22,24). The molecule has 2 aromatic rings. The lowest BCUT2D eigenvalue weighted by Crippen LogP contribution is -2.35. The zero-order valence-electron chi connectivity index (χ0n) is 16.4. The molecule has 29 heavy (non-hydrogen) atoms. The summed E-state index contributed by atoms with van der Waals surface area (Å²) in [6.45, 7) is 2.98. The normalized spacial score (nSPS) is 15.5. The van der Waals surface area contributed by atoms with Crippen LogP contribution in [0, 0.1) is 0 Å². The first-order valence-electron chi connectivity index (χ1n) is 9.43. The van der Waals surface area contributed by atoms with Gasteiger partial charge in [-0.05, 0) is 43.0 Å². The first-order valence-corrected chi connectivity index (χ1v) is 11.7. The summed E-state index contributed by atoms with van der Waals surface area (Å²) in [6, 6.07) is 4.84. The molecule has 1 fully saturated rings. The van der Waals surface area contributed by atoms with E-state index in [-0.39, 0.29) is 16.6 Å². The minimum Gasteiger partial charge on any atom is -0.495 e. The third kappa shape index (κ3) is 5.20. The van der Waals surface area contributed by atoms with Crippen molar-refractivity contribution in [3.8, 4) is 5.75 Å². The van der Waals surface area contributed by atoms with Crippen LogP contribution in [0.4, 0.5) is 5.13 Å². The van der Waals surface area contributed by atoms with Gasteiger partial charge in [-0.3, -0.25) is 10.1 Å². The Morgan fingerprint density at radius 2 is 2.03 bits per heavy atom. The maximum Gasteiger partial charge on any atom is 0.250 e. The molecule has 0 spiro atoms. The summed E-state index contributed by atoms with van der Waals surface area (Å²) in [7, 11) is -2.21. The molecule has 156 valence electrons. The Bertz CT molecular complexity index is 995. The highest BCUT2D eigenvalue weighted by molar-refractivity contribution is 7.89. The van der Waals surface area contributed by atoms with Crippen LogP contribution in [-0.4, -0.2) is 49.0 Å². The van der Waals surface area contributed by atoms with Crippen molar-refractivity contribution in [2.24, 2.45) is 0 Å². The number of piperidine rings is 1. The van der Waals surface area contributed by atoms with Crippen molar-refractivity contribution in [3.05, 3.63) is 34.8 Å². The van der Waals surface area contributed by atoms with Crippen LogP contribution in [0.5, 0.6) is 5.75 Å². The predicted octanol–water partition coefficient (Wildman–Crippen LogP) is 2.94. The molecule has 0 unspecified atom stereocenters. The number of aryl methyl sites for hydroxylation is 1. The summed E-state index contributed by atoms with van der Waals surface area (Å²) in [5, 5.41) is 11.8. The van der Waals surface area contributed by atoms with Crippen molar-refractivity contribution in [1.29, 1.82) is 0 Å². The Morgan fingerprint density at radius 3 is 2.69 bits per heavy atom. The van der Waals surface area contributed by atoms with Gasteiger partial charge in [-0.1, -0.05) is 30.7 Å². The molecule has 0 aliphatic carbocycles. The van der Waals surface area contributed by atoms with E-state index in [1.165, 1.54) is 34.9 Å². The number of nitrogens with zero attached hydrogens (tertiary/aromatic N) is 3. The Hall–Kier alpha value is -2.30. The van der Waals surface area contributed by atoms with Crippen LogP contribution in [0.1, 0.15) is 36.8 Å². The van der Waals surface area contributed by atoms with Gasteiger partial charge in [0.2, 0.25) is 21.1 Å². The molecule has 0 bridgehead atoms. The molecular weight excluding hydrogens is 412 g/mol. The van der Waals surface area contributed by atoms with Crippen molar-refractivity contribution >= 4 is 38.5 Å². The Labute approximate surface area is 174 Å². The van der Waals surface area contributed by atoms with E-state index in [0.29, 0.717) is 23.8 Å². The van der Waals surface area contributed by atoms with Crippen LogP contribution < -0.4 is 10.1 Å². The number of rotatable bonds is 7. The van der Waals surface area contributed by atoms with Crippen molar-refractivity contribution in [3.63, 3.8) is 0 Å². The first-order chi connectivity index (χ1) is 13.9. The molecule has 3 rings (SSSR count). The Morgan fingerprint density at radius 1 is 1.28 bits per heavy atom. The lowest BCUT2D eigenvalue weighted by molar-refractivity contribution is -0.111. The quantitative estimate of drug-likeness (QED) is 0.670. The minimum atomic E-state index is -3.66. The second-order valence-corrected chi connectivity index (χ2v) is 9.52. The molecule has 1 aromatic carbocycles. The molecule has 1 aliphatic rings. The van der Waals surface area contributed by atoms with E-state index >= 15 is 0 Å². The van der Waals surface area contributed by atoms with Crippen molar-refractivity contribution in [2.75, 3.05) is 25.5 Å². The molecule has 0 radical (unpaired) electrons. The first kappa shape index (κ1) is 21.4. The zero-order valence-corrected chi connectivity index (χ0v) is 18.1. The van der Waals surface area contributed by atoms with Crippen LogP contribution in [0.2, 0.25) is 0 Å². The summed E-state index contributed by atoms with van der Waals surface area (Å²) in [5.41, 5.74) is 0.586. The topological polar surface area (TPSA) is 101 Å². The number of sulfonamides is 1. The molecule has 2 heterocycles. The fourth-order valence-corrected chi connectivity index (χ4v) is 5.40. The van der Waals surface area contributed by atoms with Crippen molar-refractivity contribution < 1.29 is 17.9 Å². The van der Waals surface area contributed by atoms with Gasteiger partial charge in [0.05, 0.1) is 7.11 Å². The second kappa shape index (κ2) is 9.47. The number of nitrogens with one attached hydrogen (secondary N) is 1. The Kier molecular flexibility index (Phi) is 6.99. The fourth-order valence-electron chi connectivity index (χ4n) is 3.01. The molecule has 0 saturated carbocycles. The van der Waals surface area contributed by atoms with E-state index in [9.17, 15) is 13.2 Å². The van der Waals surface area contributed by atoms with Gasteiger partial charge in [0.15, 0.2) is 0 Å². The molecule has 1 N–H and O–H groups in total. The SMILES string of the molecule is CCc1nnc(NC(=O)C=Cc2ccc(OC)c(S(=O)(=O)N3CCCCC3)c2)s1. The molecule has 1 saturated heterocycles. The highest BCUT2D eigenvalue weighted by Gasteiger charge is 2.29. The second-order valence-electron chi connectivity index (χ2n) is 6.55. The zero-order chi connectivity index (χ0) is 20.9. The molecule has 1 amide bonds. The van der Waals surface area contributed by atoms with Crippen LogP contribution >= 0.6 is 11.3 Å². The third-order valence-corrected chi connectivity index (χ3v) is 7.45. The van der Waals surface area contributed by atoms with Crippen LogP contribution in [-0.2, 0) is 21.2 Å². The monoisotopic (exact) mass is 436 g/mol. The lowest BCUT2D eigenvalue weighted by atomic mass is 10.2. The number of anilines is 1. The number of methoxy groups -OCH3 is 1. The number of hydrogen-bond donors (Lipinski definition) is 1. The summed E-state index contributed by atoms with van der Waals surface area (Å²) in [6.07, 6.45) is 6.40. The van der Waals surface area contributed by atoms with E-state index in [1.54, 1.807) is 18.2 Å². The van der Waals surface area contributed by atoms with Gasteiger partial charge in [-0.2, -0.15) is 4.31 Å². The molecule has 1 aromatic heterocycles. The molecule has 8 nitrogen and oxygen atoms in total. The highest BCUT2D eigenvalue weighted by Crippen LogP contribution is 2.30. The van der Waals surface area contributed by atoms with E-state index in [1.807, 2.05) is 6.92 Å². The van der Waals surface area contributed by atoms with Gasteiger partial charge >= 0.3 is 0 Å². The number of amides is 1. The van der Waals surface area contributed by atoms with Gasteiger partial charge in [0.25, 0.3) is 0 Å². The minimum absolute atomic E-state index is 0.112. The fraction of sp³-hybridized carbons (Fsp3) is 0.421. The smallest absolute Gasteiger partial charge is 0.250 e. The van der Waals surface area contributed by atoms with Gasteiger partial charge < -0.3 is 4.74 Å². The van der Waals surface area contributed by atoms with Gasteiger partial charge in [-0.15, -0.1) is 10.2 Å². The number of ether oxygens (including phenoxy) is 1. The number of carbonyl (C=O) groups is 1. The number of benzene rings is 1. The summed E-state index contributed by atoms with van der Waals surface area (Å²) >= 11 is 1.32. The van der Waals surface area contributed by atoms with Crippen LogP contribution in [0.3, 0.4) is 0 Å². The average Bonchev–Trinajstić information content (AvgIpc) is 3.20. The van der Waals surface area contributed by atoms with E-state index in [4.69, 9.17) is 4.74 Å². The van der Waals surface area contributed by atoms with Crippen molar-refractivity contribution in [1.82, 2.24) is 14.5 Å². The number of carbonyl (C=O) groups excluding carboxylic acids is 1. The largest absolute Gasteiger partial charge is 0.495 e. The maximum absolute atomic E-state index is 13.1. The maximum atomic E-state index is 13.1. The lowest BCUT2D eigenvalue weighted by Gasteiger charge is -2.26. The average molecular weight is 437 g/mol. The Balaban J connectivity index is 1.78. The number of aromatic nitrogens is 2. The molecule has 0 atom stereocenters. The summed E-state index contributed by atoms with van der Waals surface area (Å²) < 4.78 is 32.9. The van der Waals surface area contributed by atoms with Gasteiger partial charge in [0.1, 0.15) is 15.7 Å². The van der Waals surface area contributed by atoms with Gasteiger partial charge in [-0.25, -0.2) is 8.42 Å². The third-order valence-electron chi connectivity index (χ3n) is 4.55. The van der Waals surface area contributed by atoms with E-state index in [0.717, 1.165) is 30.7 Å². The molecule has 10 heteroatoms. The number of hydrogen-bond acceptors (Lipinski definition) is 7. The van der Waals surface area contributed by atoms with Crippen LogP contribution in [0.25, 0.3) is 6.08 Å². The summed E-state index contributed by atoms with van der Waals surface area (Å²) in [5.74, 6) is -0.0711. The van der Waals surface area contributed by atoms with Crippen LogP contribution in [0.15, 0.2) is 29.2 Å². The van der Waals surface area contributed by atoms with E-state index in [2.05, 4.69) is 15.5 Å². The van der Waals surface area contributed by atoms with Crippen molar-refractivity contribution in [2.45, 2.75) is 37.5 Å². The molecular formula is C19H24N4O4S2. The predicted molar refractivity (Wildman–Crippen MR) is 113 cm³/mol.